The van der Waals surface area contributed by atoms with E-state index in [0.717, 1.165) is 25.0 Å². The average Bonchev–Trinajstić information content (AvgIpc) is 3.33. The summed E-state index contributed by atoms with van der Waals surface area (Å²) in [6, 6.07) is 3.84. The molecule has 0 amide bonds. The third-order valence-corrected chi connectivity index (χ3v) is 4.79. The number of nitrogens with zero attached hydrogens (tertiary/aromatic N) is 2. The van der Waals surface area contributed by atoms with Crippen molar-refractivity contribution in [2.24, 2.45) is 5.92 Å². The Morgan fingerprint density at radius 3 is 2.81 bits per heavy atom. The molecule has 1 aromatic heterocycles. The van der Waals surface area contributed by atoms with E-state index in [1.54, 1.807) is 6.07 Å². The maximum Gasteiger partial charge on any atom is 0.146 e. The van der Waals surface area contributed by atoms with Gasteiger partial charge in [-0.3, -0.25) is 4.90 Å². The van der Waals surface area contributed by atoms with Gasteiger partial charge in [0.15, 0.2) is 0 Å². The Labute approximate surface area is 134 Å². The first-order chi connectivity index (χ1) is 10.1. The zero-order valence-electron chi connectivity index (χ0n) is 12.5. The summed E-state index contributed by atoms with van der Waals surface area (Å²) in [7, 11) is 0. The monoisotopic (exact) mass is 355 g/mol. The lowest BCUT2D eigenvalue weighted by Crippen LogP contribution is -2.36. The number of hydrogen-bond acceptors (Lipinski definition) is 3. The van der Waals surface area contributed by atoms with Gasteiger partial charge < -0.3 is 5.32 Å². The molecular formula is C16H23BrFN3. The van der Waals surface area contributed by atoms with Crippen molar-refractivity contribution in [2.45, 2.75) is 44.7 Å². The van der Waals surface area contributed by atoms with E-state index in [0.29, 0.717) is 10.3 Å². The van der Waals surface area contributed by atoms with E-state index in [2.05, 4.69) is 31.1 Å². The molecule has 2 fully saturated rings. The second-order valence-electron chi connectivity index (χ2n) is 6.35. The van der Waals surface area contributed by atoms with Gasteiger partial charge in [0.2, 0.25) is 0 Å². The van der Waals surface area contributed by atoms with E-state index in [1.165, 1.54) is 38.3 Å². The molecule has 2 aliphatic rings. The lowest BCUT2D eigenvalue weighted by Gasteiger charge is -2.23. The number of nitrogens with one attached hydrogen (secondary N) is 1. The van der Waals surface area contributed by atoms with Crippen molar-refractivity contribution in [1.82, 2.24) is 15.2 Å². The molecule has 1 atom stereocenters. The zero-order chi connectivity index (χ0) is 14.8. The Hall–Kier alpha value is -0.520. The quantitative estimate of drug-likeness (QED) is 0.723. The molecule has 0 saturated heterocycles. The number of hydrogen-bond donors (Lipinski definition) is 1. The Morgan fingerprint density at radius 1 is 1.38 bits per heavy atom. The highest BCUT2D eigenvalue weighted by molar-refractivity contribution is 9.10. The number of aromatic nitrogens is 1. The molecule has 21 heavy (non-hydrogen) atoms. The van der Waals surface area contributed by atoms with E-state index in [1.807, 2.05) is 6.92 Å². The topological polar surface area (TPSA) is 28.2 Å². The van der Waals surface area contributed by atoms with Gasteiger partial charge in [0, 0.05) is 31.7 Å². The Morgan fingerprint density at radius 2 is 2.14 bits per heavy atom. The first-order valence-corrected chi connectivity index (χ1v) is 8.72. The van der Waals surface area contributed by atoms with Crippen LogP contribution in [-0.4, -0.2) is 35.6 Å². The van der Waals surface area contributed by atoms with Crippen LogP contribution in [0, 0.1) is 11.7 Å². The van der Waals surface area contributed by atoms with Gasteiger partial charge in [-0.05, 0) is 66.6 Å². The normalized spacial score (nSPS) is 20.0. The van der Waals surface area contributed by atoms with Crippen molar-refractivity contribution in [2.75, 3.05) is 19.6 Å². The highest BCUT2D eigenvalue weighted by atomic mass is 79.9. The molecule has 1 aromatic rings. The fourth-order valence-electron chi connectivity index (χ4n) is 2.75. The molecule has 0 aromatic carbocycles. The van der Waals surface area contributed by atoms with Crippen molar-refractivity contribution in [3.8, 4) is 0 Å². The van der Waals surface area contributed by atoms with Crippen molar-refractivity contribution in [3.05, 3.63) is 28.2 Å². The first kappa shape index (κ1) is 15.4. The summed E-state index contributed by atoms with van der Waals surface area (Å²) < 4.78 is 14.5. The fraction of sp³-hybridized carbons (Fsp3) is 0.688. The van der Waals surface area contributed by atoms with Crippen LogP contribution in [0.25, 0.3) is 0 Å². The molecular weight excluding hydrogens is 333 g/mol. The third kappa shape index (κ3) is 4.47. The molecule has 116 valence electrons. The van der Waals surface area contributed by atoms with Gasteiger partial charge in [-0.15, -0.1) is 0 Å². The van der Waals surface area contributed by atoms with Crippen molar-refractivity contribution in [1.29, 1.82) is 0 Å². The number of halogens is 2. The van der Waals surface area contributed by atoms with E-state index >= 15 is 0 Å². The third-order valence-electron chi connectivity index (χ3n) is 4.35. The standard InChI is InChI=1S/C16H23BrFN3/c1-11(16-14(18)6-7-15(17)20-16)19-8-9-21(13-4-5-13)10-12-2-3-12/h6-7,11-13,19H,2-5,8-10H2,1H3/t11-/m1/s1. The van der Waals surface area contributed by atoms with Crippen LogP contribution in [0.5, 0.6) is 0 Å². The van der Waals surface area contributed by atoms with Crippen molar-refractivity contribution < 1.29 is 4.39 Å². The Kier molecular flexibility index (Phi) is 4.92. The minimum Gasteiger partial charge on any atom is -0.307 e. The highest BCUT2D eigenvalue weighted by Gasteiger charge is 2.33. The van der Waals surface area contributed by atoms with Crippen LogP contribution in [0.3, 0.4) is 0 Å². The van der Waals surface area contributed by atoms with Crippen molar-refractivity contribution >= 4 is 15.9 Å². The van der Waals surface area contributed by atoms with Gasteiger partial charge in [0.1, 0.15) is 10.4 Å². The zero-order valence-corrected chi connectivity index (χ0v) is 14.1. The fourth-order valence-corrected chi connectivity index (χ4v) is 3.08. The summed E-state index contributed by atoms with van der Waals surface area (Å²) in [4.78, 5) is 6.85. The Bertz CT molecular complexity index is 488. The predicted molar refractivity (Wildman–Crippen MR) is 85.6 cm³/mol. The van der Waals surface area contributed by atoms with E-state index in [9.17, 15) is 4.39 Å². The summed E-state index contributed by atoms with van der Waals surface area (Å²) in [5.41, 5.74) is 0.490. The summed E-state index contributed by atoms with van der Waals surface area (Å²) in [5, 5.41) is 3.41. The van der Waals surface area contributed by atoms with Crippen LogP contribution in [0.15, 0.2) is 16.7 Å². The molecule has 1 N–H and O–H groups in total. The van der Waals surface area contributed by atoms with Crippen LogP contribution < -0.4 is 5.32 Å². The predicted octanol–water partition coefficient (Wildman–Crippen LogP) is 3.51. The van der Waals surface area contributed by atoms with Gasteiger partial charge >= 0.3 is 0 Å². The molecule has 2 saturated carbocycles. The molecule has 1 heterocycles. The van der Waals surface area contributed by atoms with E-state index < -0.39 is 0 Å². The minimum absolute atomic E-state index is 0.0653. The molecule has 3 nitrogen and oxygen atoms in total. The maximum absolute atomic E-state index is 13.8. The largest absolute Gasteiger partial charge is 0.307 e. The molecule has 0 aliphatic heterocycles. The van der Waals surface area contributed by atoms with Crippen molar-refractivity contribution in [3.63, 3.8) is 0 Å². The Balaban J connectivity index is 1.48. The highest BCUT2D eigenvalue weighted by Crippen LogP contribution is 2.34. The second kappa shape index (κ2) is 6.71. The molecule has 2 aliphatic carbocycles. The van der Waals surface area contributed by atoms with Crippen LogP contribution in [0.4, 0.5) is 4.39 Å². The SMILES string of the molecule is C[C@@H](NCCN(CC1CC1)C1CC1)c1nc(Br)ccc1F. The molecule has 3 rings (SSSR count). The van der Waals surface area contributed by atoms with Gasteiger partial charge in [-0.1, -0.05) is 0 Å². The van der Waals surface area contributed by atoms with E-state index in [-0.39, 0.29) is 11.9 Å². The minimum atomic E-state index is -0.241. The molecule has 0 bridgehead atoms. The van der Waals surface area contributed by atoms with Crippen LogP contribution in [-0.2, 0) is 0 Å². The summed E-state index contributed by atoms with van der Waals surface area (Å²) in [6.45, 7) is 5.17. The number of rotatable bonds is 8. The summed E-state index contributed by atoms with van der Waals surface area (Å²) in [5.74, 6) is 0.697. The molecule has 0 spiro atoms. The smallest absolute Gasteiger partial charge is 0.146 e. The van der Waals surface area contributed by atoms with Crippen LogP contribution in [0.1, 0.15) is 44.3 Å². The molecule has 5 heteroatoms. The summed E-state index contributed by atoms with van der Waals surface area (Å²) in [6.07, 6.45) is 5.51. The van der Waals surface area contributed by atoms with E-state index in [4.69, 9.17) is 0 Å². The van der Waals surface area contributed by atoms with Gasteiger partial charge in [-0.25, -0.2) is 9.37 Å². The van der Waals surface area contributed by atoms with Gasteiger partial charge in [-0.2, -0.15) is 0 Å². The summed E-state index contributed by atoms with van der Waals surface area (Å²) >= 11 is 3.30. The maximum atomic E-state index is 13.8. The lowest BCUT2D eigenvalue weighted by molar-refractivity contribution is 0.249. The first-order valence-electron chi connectivity index (χ1n) is 7.93. The van der Waals surface area contributed by atoms with Crippen LogP contribution >= 0.6 is 15.9 Å². The molecule has 0 radical (unpaired) electrons. The van der Waals surface area contributed by atoms with Gasteiger partial charge in [0.05, 0.1) is 5.69 Å². The van der Waals surface area contributed by atoms with Crippen LogP contribution in [0.2, 0.25) is 0 Å². The van der Waals surface area contributed by atoms with Gasteiger partial charge in [0.25, 0.3) is 0 Å². The molecule has 0 unspecified atom stereocenters. The second-order valence-corrected chi connectivity index (χ2v) is 7.16. The lowest BCUT2D eigenvalue weighted by atomic mass is 10.2. The average molecular weight is 356 g/mol. The number of pyridine rings is 1.